The second kappa shape index (κ2) is 17.7. The molecule has 68 heavy (non-hydrogen) atoms. The van der Waals surface area contributed by atoms with Crippen LogP contribution in [0, 0.1) is 0 Å². The van der Waals surface area contributed by atoms with E-state index in [4.69, 9.17) is 25.8 Å². The van der Waals surface area contributed by atoms with E-state index in [9.17, 15) is 0 Å². The minimum atomic E-state index is -1.94. The maximum absolute atomic E-state index is 7.15. The maximum Gasteiger partial charge on any atom is 0.387 e. The summed E-state index contributed by atoms with van der Waals surface area (Å²) in [7, 11) is -11.4. The number of unbranched alkanes of at least 4 members (excludes halogenated alkanes) is 1. The Balaban J connectivity index is 1.06. The van der Waals surface area contributed by atoms with Gasteiger partial charge in [-0.2, -0.15) is 0 Å². The zero-order chi connectivity index (χ0) is 47.9. The van der Waals surface area contributed by atoms with E-state index in [1.54, 1.807) is 0 Å². The SMILES string of the molecule is C[Si](C)(C)c1cc2ccccc2c2c1op(OCCCCOp1oc3c([Si](C)(C)C)cc4ccccc4c3c3c(o1)c([Si](C)(C)C)cc1ccccc13)oc1c([Si](C)(C)C)cc3ccccc3c12. The highest BCUT2D eigenvalue weighted by Gasteiger charge is 2.30. The van der Waals surface area contributed by atoms with E-state index in [1.807, 2.05) is 0 Å². The Bertz CT molecular complexity index is 3230. The molecule has 6 nitrogen and oxygen atoms in total. The van der Waals surface area contributed by atoms with Crippen molar-refractivity contribution in [2.75, 3.05) is 13.2 Å². The van der Waals surface area contributed by atoms with Gasteiger partial charge >= 0.3 is 16.5 Å². The Morgan fingerprint density at radius 3 is 0.779 bits per heavy atom. The van der Waals surface area contributed by atoms with Crippen molar-refractivity contribution in [2.45, 2.75) is 91.4 Å². The quantitative estimate of drug-likeness (QED) is 0.0950. The average molecular weight is 1010 g/mol. The largest absolute Gasteiger partial charge is 0.399 e. The van der Waals surface area contributed by atoms with Crippen LogP contribution in [-0.4, -0.2) is 45.5 Å². The van der Waals surface area contributed by atoms with Crippen LogP contribution in [0.15, 0.2) is 138 Å². The van der Waals surface area contributed by atoms with Gasteiger partial charge < -0.3 is 16.8 Å². The first-order chi connectivity index (χ1) is 32.3. The van der Waals surface area contributed by atoms with Crippen LogP contribution in [0.1, 0.15) is 12.8 Å². The molecule has 0 atom stereocenters. The molecule has 0 saturated heterocycles. The van der Waals surface area contributed by atoms with Crippen molar-refractivity contribution < 1.29 is 25.8 Å². The number of rotatable bonds is 11. The Hall–Kier alpha value is -4.61. The van der Waals surface area contributed by atoms with E-state index in [0.29, 0.717) is 13.2 Å². The molecule has 0 N–H and O–H groups in total. The van der Waals surface area contributed by atoms with Gasteiger partial charge in [0.05, 0.1) is 45.5 Å². The van der Waals surface area contributed by atoms with Crippen molar-refractivity contribution in [3.8, 4) is 0 Å². The second-order valence-corrected chi connectivity index (χ2v) is 44.9. The summed E-state index contributed by atoms with van der Waals surface area (Å²) in [6.07, 6.45) is 1.49. The highest BCUT2D eigenvalue weighted by atomic mass is 31.1. The molecular weight excluding hydrogens is 943 g/mol. The van der Waals surface area contributed by atoms with Gasteiger partial charge in [-0.25, -0.2) is 0 Å². The van der Waals surface area contributed by atoms with Crippen molar-refractivity contribution >= 4 is 156 Å². The molecular formula is C56H64O6P2Si4. The van der Waals surface area contributed by atoms with Gasteiger partial charge in [-0.05, 0) is 76.7 Å². The summed E-state index contributed by atoms with van der Waals surface area (Å²) in [5.41, 5.74) is 3.65. The van der Waals surface area contributed by atoms with Crippen LogP contribution in [-0.2, 0) is 0 Å². The molecule has 0 radical (unpaired) electrons. The van der Waals surface area contributed by atoms with Crippen LogP contribution in [0.25, 0.3) is 87.0 Å². The van der Waals surface area contributed by atoms with Crippen LogP contribution in [0.2, 0.25) is 78.6 Å². The van der Waals surface area contributed by atoms with Gasteiger partial charge in [0.15, 0.2) is 0 Å². The third-order valence-corrected chi connectivity index (χ3v) is 23.4. The summed E-state index contributed by atoms with van der Waals surface area (Å²) in [6, 6.07) is 44.5. The van der Waals surface area contributed by atoms with Gasteiger partial charge in [0.25, 0.3) is 0 Å². The highest BCUT2D eigenvalue weighted by Crippen LogP contribution is 2.43. The molecule has 0 bridgehead atoms. The van der Waals surface area contributed by atoms with Crippen molar-refractivity contribution in [1.82, 2.24) is 0 Å². The lowest BCUT2D eigenvalue weighted by molar-refractivity contribution is 0.320. The fourth-order valence-electron chi connectivity index (χ4n) is 9.84. The van der Waals surface area contributed by atoms with Gasteiger partial charge in [0.2, 0.25) is 0 Å². The van der Waals surface area contributed by atoms with E-state index in [0.717, 1.165) is 56.7 Å². The molecule has 0 unspecified atom stereocenters. The first kappa shape index (κ1) is 47.1. The van der Waals surface area contributed by atoms with Crippen molar-refractivity contribution in [2.24, 2.45) is 0 Å². The zero-order valence-corrected chi connectivity index (χ0v) is 47.5. The number of benzene rings is 8. The van der Waals surface area contributed by atoms with Crippen LogP contribution in [0.3, 0.4) is 0 Å². The maximum atomic E-state index is 7.15. The molecule has 12 heteroatoms. The molecule has 0 saturated carbocycles. The minimum absolute atomic E-state index is 0.453. The van der Waals surface area contributed by atoms with Crippen LogP contribution in [0.4, 0.5) is 0 Å². The zero-order valence-electron chi connectivity index (χ0n) is 41.7. The number of hydrogen-bond donors (Lipinski definition) is 0. The van der Waals surface area contributed by atoms with E-state index in [-0.39, 0.29) is 0 Å². The van der Waals surface area contributed by atoms with Gasteiger partial charge in [-0.15, -0.1) is 0 Å². The van der Waals surface area contributed by atoms with Gasteiger partial charge in [0, 0.05) is 21.5 Å². The van der Waals surface area contributed by atoms with Crippen molar-refractivity contribution in [3.05, 3.63) is 121 Å². The molecule has 0 aliphatic heterocycles. The van der Waals surface area contributed by atoms with E-state index in [2.05, 4.69) is 200 Å². The normalized spacial score (nSPS) is 13.1. The molecule has 2 heterocycles. The first-order valence-electron chi connectivity index (χ1n) is 24.1. The molecule has 350 valence electrons. The summed E-state index contributed by atoms with van der Waals surface area (Å²) in [6.45, 7) is 29.7. The van der Waals surface area contributed by atoms with Crippen molar-refractivity contribution in [1.29, 1.82) is 0 Å². The van der Waals surface area contributed by atoms with Gasteiger partial charge in [-0.3, -0.25) is 9.05 Å². The molecule has 0 spiro atoms. The predicted octanol–water partition coefficient (Wildman–Crippen LogP) is 16.0. The highest BCUT2D eigenvalue weighted by molar-refractivity contribution is 7.32. The summed E-state index contributed by atoms with van der Waals surface area (Å²) in [5.74, 6) is 0. The lowest BCUT2D eigenvalue weighted by atomic mass is 9.98. The first-order valence-corrected chi connectivity index (χ1v) is 40.3. The summed E-state index contributed by atoms with van der Waals surface area (Å²) in [4.78, 5) is 0. The fraction of sp³-hybridized carbons (Fsp3) is 0.286. The molecule has 10 aromatic rings. The lowest BCUT2D eigenvalue weighted by Gasteiger charge is -2.20. The average Bonchev–Trinajstić information content (AvgIpc) is 3.56. The van der Waals surface area contributed by atoms with Crippen LogP contribution >= 0.6 is 16.5 Å². The second-order valence-electron chi connectivity index (χ2n) is 22.6. The molecule has 2 aromatic heterocycles. The molecule has 0 fully saturated rings. The van der Waals surface area contributed by atoms with E-state index < -0.39 is 48.8 Å². The molecule has 8 aromatic carbocycles. The fourth-order valence-corrected chi connectivity index (χ4v) is 18.2. The smallest absolute Gasteiger partial charge is 0.387 e. The standard InChI is InChI=1S/C56H64O6P2Si4/c1-65(2,3)45-33-37-23-13-17-27-41(37)49-50-42-28-18-14-24-38(42)34-46(66(4,5)6)54(50)60-63(59-53(45)49)57-31-21-22-32-58-64-61-55-47(67(7,8)9)35-39-25-15-19-29-43(39)51(55)52-44-30-20-16-26-40(44)36-48(56(52)62-64)68(10,11)12/h13-20,23-30,33-36H,21-22,31-32H2,1-12H3. The Labute approximate surface area is 405 Å². The van der Waals surface area contributed by atoms with Crippen LogP contribution in [0.5, 0.6) is 0 Å². The molecule has 0 aliphatic carbocycles. The Morgan fingerprint density at radius 2 is 0.559 bits per heavy atom. The molecule has 10 rings (SSSR count). The lowest BCUT2D eigenvalue weighted by Crippen LogP contribution is -2.38. The summed E-state index contributed by atoms with van der Waals surface area (Å²) in [5, 5.41) is 19.2. The third-order valence-electron chi connectivity index (χ3n) is 13.3. The summed E-state index contributed by atoms with van der Waals surface area (Å²) < 4.78 is 42.2. The van der Waals surface area contributed by atoms with Crippen LogP contribution < -0.4 is 29.8 Å². The van der Waals surface area contributed by atoms with Crippen molar-refractivity contribution in [3.63, 3.8) is 0 Å². The third kappa shape index (κ3) is 8.70. The number of fused-ring (bicyclic) bond motifs is 14. The summed E-state index contributed by atoms with van der Waals surface area (Å²) >= 11 is 0. The van der Waals surface area contributed by atoms with Gasteiger partial charge in [0.1, 0.15) is 22.3 Å². The minimum Gasteiger partial charge on any atom is -0.399 e. The van der Waals surface area contributed by atoms with Gasteiger partial charge in [-0.1, -0.05) is 200 Å². The Kier molecular flexibility index (Phi) is 12.2. The molecule has 0 amide bonds. The number of hydrogen-bond acceptors (Lipinski definition) is 6. The van der Waals surface area contributed by atoms with E-state index >= 15 is 0 Å². The van der Waals surface area contributed by atoms with E-state index in [1.165, 1.54) is 63.8 Å². The predicted molar refractivity (Wildman–Crippen MR) is 307 cm³/mol. The molecule has 0 aliphatic rings. The monoisotopic (exact) mass is 1010 g/mol. The topological polar surface area (TPSA) is 71.0 Å². The Morgan fingerprint density at radius 1 is 0.338 bits per heavy atom.